The summed E-state index contributed by atoms with van der Waals surface area (Å²) < 4.78 is 7.38. The quantitative estimate of drug-likeness (QED) is 0.579. The van der Waals surface area contributed by atoms with Crippen LogP contribution < -0.4 is 10.5 Å². The second-order valence-electron chi connectivity index (χ2n) is 6.20. The Morgan fingerprint density at radius 3 is 2.62 bits per heavy atom. The van der Waals surface area contributed by atoms with Crippen LogP contribution in [0, 0.1) is 0 Å². The normalized spacial score (nSPS) is 11.3. The molecule has 0 bridgehead atoms. The second kappa shape index (κ2) is 6.65. The molecular formula is C20H20N4O2. The first kappa shape index (κ1) is 16.4. The van der Waals surface area contributed by atoms with E-state index in [2.05, 4.69) is 28.2 Å². The van der Waals surface area contributed by atoms with E-state index in [1.807, 2.05) is 41.9 Å². The van der Waals surface area contributed by atoms with Gasteiger partial charge in [-0.1, -0.05) is 48.5 Å². The van der Waals surface area contributed by atoms with Crippen molar-refractivity contribution in [2.75, 3.05) is 18.9 Å². The Balaban J connectivity index is 1.91. The number of aromatic nitrogens is 3. The third-order valence-corrected chi connectivity index (χ3v) is 4.46. The number of aliphatic hydroxyl groups is 1. The van der Waals surface area contributed by atoms with Crippen LogP contribution >= 0.6 is 0 Å². The lowest BCUT2D eigenvalue weighted by molar-refractivity contribution is 0.188. The van der Waals surface area contributed by atoms with Gasteiger partial charge in [0.15, 0.2) is 5.82 Å². The van der Waals surface area contributed by atoms with Crippen molar-refractivity contribution in [3.05, 3.63) is 59.7 Å². The first-order chi connectivity index (χ1) is 12.7. The zero-order chi connectivity index (χ0) is 18.1. The van der Waals surface area contributed by atoms with E-state index in [4.69, 9.17) is 15.6 Å². The van der Waals surface area contributed by atoms with Crippen molar-refractivity contribution in [3.8, 4) is 6.01 Å². The number of aliphatic hydroxyl groups excluding tert-OH is 1. The highest BCUT2D eigenvalue weighted by molar-refractivity contribution is 6.07. The van der Waals surface area contributed by atoms with Crippen molar-refractivity contribution < 1.29 is 9.84 Å². The largest absolute Gasteiger partial charge is 0.462 e. The Bertz CT molecular complexity index is 1070. The molecule has 0 saturated heterocycles. The predicted octanol–water partition coefficient (Wildman–Crippen LogP) is 2.67. The number of benzene rings is 2. The molecule has 0 aliphatic carbocycles. The molecule has 0 unspecified atom stereocenters. The summed E-state index contributed by atoms with van der Waals surface area (Å²) in [5, 5.41) is 9.98. The number of pyridine rings is 1. The Kier molecular flexibility index (Phi) is 4.18. The number of ether oxygens (including phenoxy) is 1. The molecule has 3 N–H and O–H groups in total. The number of nitrogens with two attached hydrogens (primary N) is 1. The minimum atomic E-state index is -0.0705. The lowest BCUT2D eigenvalue weighted by atomic mass is 10.0. The minimum absolute atomic E-state index is 0.0705. The van der Waals surface area contributed by atoms with Gasteiger partial charge in [-0.3, -0.25) is 4.57 Å². The molecule has 0 atom stereocenters. The number of nitrogens with zero attached hydrogens (tertiary/aromatic N) is 3. The summed E-state index contributed by atoms with van der Waals surface area (Å²) in [7, 11) is 1.88. The first-order valence-corrected chi connectivity index (χ1v) is 8.50. The summed E-state index contributed by atoms with van der Waals surface area (Å²) in [5.74, 6) is 0.377. The zero-order valence-corrected chi connectivity index (χ0v) is 14.5. The number of hydrogen-bond acceptors (Lipinski definition) is 5. The average Bonchev–Trinajstić information content (AvgIpc) is 2.99. The predicted molar refractivity (Wildman–Crippen MR) is 102 cm³/mol. The monoisotopic (exact) mass is 348 g/mol. The lowest BCUT2D eigenvalue weighted by Crippen LogP contribution is -2.05. The van der Waals surface area contributed by atoms with Crippen LogP contribution in [-0.2, 0) is 13.5 Å². The van der Waals surface area contributed by atoms with Gasteiger partial charge in [-0.05, 0) is 17.5 Å². The summed E-state index contributed by atoms with van der Waals surface area (Å²) in [4.78, 5) is 9.09. The van der Waals surface area contributed by atoms with Crippen LogP contribution in [0.15, 0.2) is 48.5 Å². The van der Waals surface area contributed by atoms with Gasteiger partial charge in [-0.15, -0.1) is 0 Å². The van der Waals surface area contributed by atoms with E-state index >= 15 is 0 Å². The van der Waals surface area contributed by atoms with Gasteiger partial charge in [-0.25, -0.2) is 4.98 Å². The smallest absolute Gasteiger partial charge is 0.297 e. The molecular weight excluding hydrogens is 328 g/mol. The number of fused-ring (bicyclic) bond motifs is 3. The molecule has 0 aliphatic rings. The van der Waals surface area contributed by atoms with Gasteiger partial charge in [0, 0.05) is 12.4 Å². The van der Waals surface area contributed by atoms with Gasteiger partial charge in [-0.2, -0.15) is 4.98 Å². The topological polar surface area (TPSA) is 86.2 Å². The van der Waals surface area contributed by atoms with Crippen molar-refractivity contribution in [1.29, 1.82) is 0 Å². The minimum Gasteiger partial charge on any atom is -0.462 e. The lowest BCUT2D eigenvalue weighted by Gasteiger charge is -2.09. The molecule has 0 amide bonds. The van der Waals surface area contributed by atoms with Gasteiger partial charge in [0.05, 0.1) is 17.6 Å². The van der Waals surface area contributed by atoms with Gasteiger partial charge in [0.2, 0.25) is 0 Å². The molecule has 2 aromatic carbocycles. The molecule has 4 rings (SSSR count). The summed E-state index contributed by atoms with van der Waals surface area (Å²) >= 11 is 0. The van der Waals surface area contributed by atoms with Crippen LogP contribution in [0.1, 0.15) is 11.1 Å². The zero-order valence-electron chi connectivity index (χ0n) is 14.5. The van der Waals surface area contributed by atoms with E-state index in [1.165, 1.54) is 5.56 Å². The number of hydrogen-bond donors (Lipinski definition) is 2. The fourth-order valence-electron chi connectivity index (χ4n) is 3.28. The number of rotatable bonds is 5. The number of imidazole rings is 1. The molecule has 0 aliphatic heterocycles. The first-order valence-electron chi connectivity index (χ1n) is 8.50. The number of nitrogen functional groups attached to an aromatic ring is 1. The highest BCUT2D eigenvalue weighted by Gasteiger charge is 2.17. The van der Waals surface area contributed by atoms with Gasteiger partial charge in [0.25, 0.3) is 6.01 Å². The molecule has 132 valence electrons. The van der Waals surface area contributed by atoms with Crippen molar-refractivity contribution >= 4 is 27.8 Å². The molecule has 2 aromatic heterocycles. The fourth-order valence-corrected chi connectivity index (χ4v) is 3.28. The van der Waals surface area contributed by atoms with Crippen LogP contribution in [0.3, 0.4) is 0 Å². The SMILES string of the molecule is Cn1c(OCCO)nc2c(N)nc3c(Cc4ccccc4)cccc3c21. The van der Waals surface area contributed by atoms with E-state index in [1.54, 1.807) is 0 Å². The van der Waals surface area contributed by atoms with Crippen molar-refractivity contribution in [2.45, 2.75) is 6.42 Å². The maximum Gasteiger partial charge on any atom is 0.297 e. The van der Waals surface area contributed by atoms with Gasteiger partial charge < -0.3 is 15.6 Å². The van der Waals surface area contributed by atoms with Crippen molar-refractivity contribution in [3.63, 3.8) is 0 Å². The van der Waals surface area contributed by atoms with Gasteiger partial charge >= 0.3 is 0 Å². The third-order valence-electron chi connectivity index (χ3n) is 4.46. The van der Waals surface area contributed by atoms with Crippen LogP contribution in [0.5, 0.6) is 6.01 Å². The molecule has 6 nitrogen and oxygen atoms in total. The molecule has 0 radical (unpaired) electrons. The Hall–Kier alpha value is -3.12. The molecule has 6 heteroatoms. The summed E-state index contributed by atoms with van der Waals surface area (Å²) in [6, 6.07) is 16.8. The maximum absolute atomic E-state index is 9.00. The molecule has 0 saturated carbocycles. The second-order valence-corrected chi connectivity index (χ2v) is 6.20. The van der Waals surface area contributed by atoms with E-state index in [0.29, 0.717) is 17.3 Å². The van der Waals surface area contributed by atoms with E-state index < -0.39 is 0 Å². The van der Waals surface area contributed by atoms with Crippen LogP contribution in [0.2, 0.25) is 0 Å². The standard InChI is InChI=1S/C20H20N4O2/c1-24-18-15-9-5-8-14(12-13-6-3-2-4-7-13)16(15)22-19(21)17(18)23-20(24)26-11-10-25/h2-9,25H,10-12H2,1H3,(H2,21,22). The molecule has 4 aromatic rings. The number of aryl methyl sites for hydroxylation is 1. The highest BCUT2D eigenvalue weighted by atomic mass is 16.5. The summed E-state index contributed by atoms with van der Waals surface area (Å²) in [6.07, 6.45) is 0.780. The number of para-hydroxylation sites is 1. The Morgan fingerprint density at radius 1 is 1.04 bits per heavy atom. The maximum atomic E-state index is 9.00. The van der Waals surface area contributed by atoms with E-state index in [0.717, 1.165) is 28.4 Å². The van der Waals surface area contributed by atoms with Crippen LogP contribution in [-0.4, -0.2) is 32.9 Å². The molecule has 0 fully saturated rings. The summed E-state index contributed by atoms with van der Waals surface area (Å²) in [5.41, 5.74) is 10.9. The average molecular weight is 348 g/mol. The fraction of sp³-hybridized carbons (Fsp3) is 0.200. The Labute approximate surface area is 150 Å². The van der Waals surface area contributed by atoms with Gasteiger partial charge in [0.1, 0.15) is 12.1 Å². The van der Waals surface area contributed by atoms with Crippen molar-refractivity contribution in [2.24, 2.45) is 7.05 Å². The highest BCUT2D eigenvalue weighted by Crippen LogP contribution is 2.32. The van der Waals surface area contributed by atoms with Crippen LogP contribution in [0.4, 0.5) is 5.82 Å². The molecule has 26 heavy (non-hydrogen) atoms. The van der Waals surface area contributed by atoms with Crippen molar-refractivity contribution in [1.82, 2.24) is 14.5 Å². The molecule has 0 spiro atoms. The molecule has 2 heterocycles. The third kappa shape index (κ3) is 2.74. The van der Waals surface area contributed by atoms with E-state index in [9.17, 15) is 0 Å². The number of anilines is 1. The van der Waals surface area contributed by atoms with E-state index in [-0.39, 0.29) is 13.2 Å². The van der Waals surface area contributed by atoms with Crippen LogP contribution in [0.25, 0.3) is 21.9 Å². The summed E-state index contributed by atoms with van der Waals surface area (Å²) in [6.45, 7) is 0.112. The Morgan fingerprint density at radius 2 is 1.85 bits per heavy atom.